The van der Waals surface area contributed by atoms with Gasteiger partial charge in [0.1, 0.15) is 11.5 Å². The van der Waals surface area contributed by atoms with Gasteiger partial charge in [0, 0.05) is 23.8 Å². The van der Waals surface area contributed by atoms with E-state index in [2.05, 4.69) is 26.5 Å². The molecule has 0 fully saturated rings. The van der Waals surface area contributed by atoms with Crippen molar-refractivity contribution in [3.8, 4) is 11.5 Å². The zero-order chi connectivity index (χ0) is 17.7. The second kappa shape index (κ2) is 7.55. The molecule has 2 aromatic rings. The Morgan fingerprint density at radius 1 is 1.25 bits per heavy atom. The van der Waals surface area contributed by atoms with Gasteiger partial charge >= 0.3 is 0 Å². The molecule has 0 aromatic heterocycles. The number of phenolic OH excluding ortho intramolecular Hbond substituents is 2. The molecule has 0 heterocycles. The van der Waals surface area contributed by atoms with Crippen LogP contribution >= 0.6 is 15.9 Å². The van der Waals surface area contributed by atoms with Gasteiger partial charge in [0.15, 0.2) is 0 Å². The lowest BCUT2D eigenvalue weighted by Crippen LogP contribution is -2.19. The molecular weight excluding hydrogens is 382 g/mol. The van der Waals surface area contributed by atoms with Crippen molar-refractivity contribution in [3.63, 3.8) is 0 Å². The van der Waals surface area contributed by atoms with Crippen LogP contribution in [0.25, 0.3) is 0 Å². The summed E-state index contributed by atoms with van der Waals surface area (Å²) in [6.45, 7) is 0. The second-order valence-corrected chi connectivity index (χ2v) is 5.61. The Bertz CT molecular complexity index is 806. The van der Waals surface area contributed by atoms with E-state index in [1.54, 1.807) is 0 Å². The number of halogens is 1. The van der Waals surface area contributed by atoms with Crippen molar-refractivity contribution in [2.45, 2.75) is 6.42 Å². The topological polar surface area (TPSA) is 125 Å². The molecule has 8 nitrogen and oxygen atoms in total. The average molecular weight is 394 g/mol. The fourth-order valence-corrected chi connectivity index (χ4v) is 2.16. The van der Waals surface area contributed by atoms with E-state index in [9.17, 15) is 25.1 Å². The maximum absolute atomic E-state index is 11.8. The zero-order valence-electron chi connectivity index (χ0n) is 12.1. The molecule has 0 spiro atoms. The maximum atomic E-state index is 11.8. The van der Waals surface area contributed by atoms with Crippen molar-refractivity contribution in [1.29, 1.82) is 0 Å². The first-order valence-corrected chi connectivity index (χ1v) is 7.43. The predicted molar refractivity (Wildman–Crippen MR) is 90.0 cm³/mol. The summed E-state index contributed by atoms with van der Waals surface area (Å²) in [7, 11) is 0. The van der Waals surface area contributed by atoms with E-state index in [-0.39, 0.29) is 23.6 Å². The number of nitrogens with one attached hydrogen (secondary N) is 1. The van der Waals surface area contributed by atoms with Crippen molar-refractivity contribution in [3.05, 3.63) is 62.1 Å². The second-order valence-electron chi connectivity index (χ2n) is 4.76. The molecule has 0 aliphatic rings. The van der Waals surface area contributed by atoms with Crippen LogP contribution in [0.2, 0.25) is 0 Å². The summed E-state index contributed by atoms with van der Waals surface area (Å²) in [5.74, 6) is -0.728. The minimum absolute atomic E-state index is 0.000584. The molecule has 0 saturated carbocycles. The van der Waals surface area contributed by atoms with Crippen LogP contribution in [0.3, 0.4) is 0 Å². The number of nitrogens with zero attached hydrogens (tertiary/aromatic N) is 2. The van der Waals surface area contributed by atoms with Gasteiger partial charge in [-0.25, -0.2) is 5.43 Å². The Morgan fingerprint density at radius 3 is 2.54 bits per heavy atom. The van der Waals surface area contributed by atoms with Crippen LogP contribution in [-0.4, -0.2) is 27.3 Å². The van der Waals surface area contributed by atoms with E-state index in [1.165, 1.54) is 36.5 Å². The predicted octanol–water partition coefficient (Wildman–Crippen LogP) is 2.46. The smallest absolute Gasteiger partial charge is 0.269 e. The molecule has 9 heteroatoms. The number of hydrazone groups is 1. The summed E-state index contributed by atoms with van der Waals surface area (Å²) in [5.41, 5.74) is 3.14. The summed E-state index contributed by atoms with van der Waals surface area (Å²) in [4.78, 5) is 21.8. The molecule has 24 heavy (non-hydrogen) atoms. The number of rotatable bonds is 5. The normalized spacial score (nSPS) is 10.7. The Morgan fingerprint density at radius 2 is 1.92 bits per heavy atom. The summed E-state index contributed by atoms with van der Waals surface area (Å²) in [6.07, 6.45) is 1.23. The van der Waals surface area contributed by atoms with E-state index in [1.807, 2.05) is 0 Å². The van der Waals surface area contributed by atoms with Crippen molar-refractivity contribution >= 4 is 33.7 Å². The van der Waals surface area contributed by atoms with Gasteiger partial charge in [-0.1, -0.05) is 12.1 Å². The number of carbonyl (C=O) groups excluding carboxylic acids is 1. The van der Waals surface area contributed by atoms with Crippen LogP contribution in [0.15, 0.2) is 46.0 Å². The number of nitro benzene ring substituents is 1. The number of nitro groups is 1. The molecular formula is C15H12BrN3O5. The fraction of sp³-hybridized carbons (Fsp3) is 0.0667. The maximum Gasteiger partial charge on any atom is 0.269 e. The van der Waals surface area contributed by atoms with Crippen LogP contribution in [0.5, 0.6) is 11.5 Å². The lowest BCUT2D eigenvalue weighted by Gasteiger charge is -2.03. The van der Waals surface area contributed by atoms with Gasteiger partial charge in [0.2, 0.25) is 5.91 Å². The molecule has 0 aliphatic carbocycles. The minimum atomic E-state index is -0.517. The molecule has 3 N–H and O–H groups in total. The van der Waals surface area contributed by atoms with Gasteiger partial charge in [-0.05, 0) is 27.6 Å². The first-order chi connectivity index (χ1) is 11.4. The Balaban J connectivity index is 1.95. The number of hydrogen-bond acceptors (Lipinski definition) is 6. The average Bonchev–Trinajstić information content (AvgIpc) is 2.52. The number of hydrogen-bond donors (Lipinski definition) is 3. The van der Waals surface area contributed by atoms with Crippen LogP contribution in [0.4, 0.5) is 5.69 Å². The zero-order valence-corrected chi connectivity index (χ0v) is 13.7. The van der Waals surface area contributed by atoms with Crippen molar-refractivity contribution < 1.29 is 19.9 Å². The SMILES string of the molecule is O=C(Cc1ccc([N+](=O)[O-])cc1)N/N=C\c1cc(Br)c(O)cc1O. The lowest BCUT2D eigenvalue weighted by molar-refractivity contribution is -0.384. The molecule has 0 radical (unpaired) electrons. The summed E-state index contributed by atoms with van der Waals surface area (Å²) >= 11 is 3.10. The monoisotopic (exact) mass is 393 g/mol. The standard InChI is InChI=1S/C15H12BrN3O5/c16-12-6-10(13(20)7-14(12)21)8-17-18-15(22)5-9-1-3-11(4-2-9)19(23)24/h1-4,6-8,20-21H,5H2,(H,18,22)/b17-8-. The van der Waals surface area contributed by atoms with E-state index in [0.29, 0.717) is 15.6 Å². The third-order valence-electron chi connectivity index (χ3n) is 3.00. The lowest BCUT2D eigenvalue weighted by atomic mass is 10.1. The summed E-state index contributed by atoms with van der Waals surface area (Å²) < 4.78 is 0.374. The van der Waals surface area contributed by atoms with Crippen molar-refractivity contribution in [2.75, 3.05) is 0 Å². The Hall–Kier alpha value is -2.94. The number of phenols is 2. The number of aromatic hydroxyl groups is 2. The molecule has 0 atom stereocenters. The fourth-order valence-electron chi connectivity index (χ4n) is 1.80. The van der Waals surface area contributed by atoms with Gasteiger partial charge in [0.05, 0.1) is 22.0 Å². The van der Waals surface area contributed by atoms with Crippen LogP contribution in [0, 0.1) is 10.1 Å². The van der Waals surface area contributed by atoms with E-state index in [0.717, 1.165) is 6.07 Å². The van der Waals surface area contributed by atoms with Gasteiger partial charge < -0.3 is 10.2 Å². The van der Waals surface area contributed by atoms with Gasteiger partial charge in [-0.15, -0.1) is 0 Å². The molecule has 1 amide bonds. The van der Waals surface area contributed by atoms with E-state index >= 15 is 0 Å². The van der Waals surface area contributed by atoms with Crippen LogP contribution < -0.4 is 5.43 Å². The summed E-state index contributed by atoms with van der Waals surface area (Å²) in [6, 6.07) is 8.20. The van der Waals surface area contributed by atoms with Gasteiger partial charge in [-0.2, -0.15) is 5.10 Å². The highest BCUT2D eigenvalue weighted by Crippen LogP contribution is 2.30. The van der Waals surface area contributed by atoms with Gasteiger partial charge in [0.25, 0.3) is 5.69 Å². The van der Waals surface area contributed by atoms with E-state index < -0.39 is 10.8 Å². The highest BCUT2D eigenvalue weighted by Gasteiger charge is 2.07. The quantitative estimate of drug-likeness (QED) is 0.408. The third-order valence-corrected chi connectivity index (χ3v) is 3.64. The van der Waals surface area contributed by atoms with Crippen molar-refractivity contribution in [2.24, 2.45) is 5.10 Å². The molecule has 2 aromatic carbocycles. The van der Waals surface area contributed by atoms with Gasteiger partial charge in [-0.3, -0.25) is 14.9 Å². The number of carbonyl (C=O) groups is 1. The largest absolute Gasteiger partial charge is 0.507 e. The molecule has 0 bridgehead atoms. The van der Waals surface area contributed by atoms with E-state index in [4.69, 9.17) is 0 Å². The highest BCUT2D eigenvalue weighted by atomic mass is 79.9. The number of amides is 1. The molecule has 0 unspecified atom stereocenters. The van der Waals surface area contributed by atoms with Crippen LogP contribution in [0.1, 0.15) is 11.1 Å². The van der Waals surface area contributed by atoms with Crippen LogP contribution in [-0.2, 0) is 11.2 Å². The molecule has 0 saturated heterocycles. The van der Waals surface area contributed by atoms with Crippen molar-refractivity contribution in [1.82, 2.24) is 5.43 Å². The Kier molecular flexibility index (Phi) is 5.48. The highest BCUT2D eigenvalue weighted by molar-refractivity contribution is 9.10. The first-order valence-electron chi connectivity index (χ1n) is 6.63. The Labute approximate surface area is 144 Å². The third kappa shape index (κ3) is 4.53. The molecule has 0 aliphatic heterocycles. The number of benzene rings is 2. The molecule has 2 rings (SSSR count). The molecule has 124 valence electrons. The summed E-state index contributed by atoms with van der Waals surface area (Å²) in [5, 5.41) is 33.3. The first kappa shape index (κ1) is 17.4. The minimum Gasteiger partial charge on any atom is -0.507 e. The number of non-ortho nitro benzene ring substituents is 1.